The molecular formula is C19H16N4O. The quantitative estimate of drug-likeness (QED) is 0.632. The van der Waals surface area contributed by atoms with Crippen molar-refractivity contribution in [1.29, 1.82) is 0 Å². The van der Waals surface area contributed by atoms with Gasteiger partial charge in [-0.05, 0) is 23.8 Å². The van der Waals surface area contributed by atoms with Crippen molar-refractivity contribution in [3.63, 3.8) is 0 Å². The minimum atomic E-state index is -0.245. The summed E-state index contributed by atoms with van der Waals surface area (Å²) in [6.07, 6.45) is 2.46. The van der Waals surface area contributed by atoms with Crippen LogP contribution in [0.1, 0.15) is 11.3 Å². The Morgan fingerprint density at radius 3 is 2.75 bits per heavy atom. The molecule has 2 aromatic carbocycles. The van der Waals surface area contributed by atoms with E-state index in [2.05, 4.69) is 27.3 Å². The van der Waals surface area contributed by atoms with Crippen LogP contribution in [0.3, 0.4) is 0 Å². The summed E-state index contributed by atoms with van der Waals surface area (Å²) in [5, 5.41) is 7.96. The fourth-order valence-electron chi connectivity index (χ4n) is 2.81. The molecule has 0 atom stereocenters. The van der Waals surface area contributed by atoms with E-state index < -0.39 is 0 Å². The van der Waals surface area contributed by atoms with E-state index in [1.165, 1.54) is 0 Å². The van der Waals surface area contributed by atoms with Crippen LogP contribution < -0.4 is 5.69 Å². The van der Waals surface area contributed by atoms with E-state index in [9.17, 15) is 4.79 Å². The predicted octanol–water partition coefficient (Wildman–Crippen LogP) is 2.91. The molecule has 0 bridgehead atoms. The third-order valence-corrected chi connectivity index (χ3v) is 4.20. The third-order valence-electron chi connectivity index (χ3n) is 4.20. The molecule has 4 aromatic rings. The van der Waals surface area contributed by atoms with Crippen LogP contribution in [0, 0.1) is 0 Å². The second-order valence-corrected chi connectivity index (χ2v) is 5.81. The molecule has 0 saturated carbocycles. The summed E-state index contributed by atoms with van der Waals surface area (Å²) < 4.78 is 1.60. The molecule has 118 valence electrons. The predicted molar refractivity (Wildman–Crippen MR) is 93.8 cm³/mol. The number of H-pyrrole nitrogens is 1. The summed E-state index contributed by atoms with van der Waals surface area (Å²) in [5.41, 5.74) is 4.42. The highest BCUT2D eigenvalue weighted by molar-refractivity contribution is 5.83. The maximum Gasteiger partial charge on any atom is 0.348 e. The lowest BCUT2D eigenvalue weighted by Crippen LogP contribution is -2.23. The Kier molecular flexibility index (Phi) is 3.46. The zero-order valence-electron chi connectivity index (χ0n) is 13.2. The van der Waals surface area contributed by atoms with Gasteiger partial charge in [0, 0.05) is 30.1 Å². The lowest BCUT2D eigenvalue weighted by Gasteiger charge is -2.10. The molecule has 0 saturated heterocycles. The lowest BCUT2D eigenvalue weighted by molar-refractivity contribution is 0.757. The van der Waals surface area contributed by atoms with Crippen molar-refractivity contribution in [2.75, 3.05) is 0 Å². The maximum atomic E-state index is 12.3. The topological polar surface area (TPSA) is 63.6 Å². The fraction of sp³-hybridized carbons (Fsp3) is 0.105. The van der Waals surface area contributed by atoms with Crippen molar-refractivity contribution >= 4 is 10.9 Å². The first kappa shape index (κ1) is 14.4. The summed E-state index contributed by atoms with van der Waals surface area (Å²) in [6, 6.07) is 18.0. The molecule has 0 fully saturated rings. The monoisotopic (exact) mass is 316 g/mol. The molecule has 5 nitrogen and oxygen atoms in total. The van der Waals surface area contributed by atoms with Gasteiger partial charge in [-0.2, -0.15) is 10.1 Å². The van der Waals surface area contributed by atoms with Gasteiger partial charge in [0.25, 0.3) is 0 Å². The average Bonchev–Trinajstić information content (AvgIpc) is 3.07. The van der Waals surface area contributed by atoms with Crippen molar-refractivity contribution in [2.45, 2.75) is 6.42 Å². The number of hydrogen-bond donors (Lipinski definition) is 1. The molecule has 0 spiro atoms. The van der Waals surface area contributed by atoms with Gasteiger partial charge >= 0.3 is 5.69 Å². The molecule has 2 aromatic heterocycles. The number of nitrogens with zero attached hydrogens (tertiary/aromatic N) is 3. The van der Waals surface area contributed by atoms with Crippen LogP contribution in [0.5, 0.6) is 0 Å². The molecule has 5 heteroatoms. The van der Waals surface area contributed by atoms with E-state index >= 15 is 0 Å². The molecule has 0 aliphatic carbocycles. The fourth-order valence-corrected chi connectivity index (χ4v) is 2.81. The standard InChI is InChI=1S/C19H16N4O/c1-23-16(9-13-5-3-2-4-6-13)11-18(21-19(23)24)14-7-8-17-15(10-14)12-20-22-17/h2-8,10-12H,9H2,1H3,(H,20,22). The van der Waals surface area contributed by atoms with Crippen molar-refractivity contribution in [2.24, 2.45) is 7.05 Å². The van der Waals surface area contributed by atoms with Gasteiger partial charge in [-0.25, -0.2) is 4.79 Å². The van der Waals surface area contributed by atoms with Gasteiger partial charge < -0.3 is 0 Å². The molecule has 2 heterocycles. The van der Waals surface area contributed by atoms with E-state index in [0.29, 0.717) is 12.1 Å². The number of aromatic amines is 1. The average molecular weight is 316 g/mol. The maximum absolute atomic E-state index is 12.3. The number of nitrogens with one attached hydrogen (secondary N) is 1. The molecule has 0 amide bonds. The van der Waals surface area contributed by atoms with E-state index in [-0.39, 0.29) is 5.69 Å². The first-order valence-corrected chi connectivity index (χ1v) is 7.75. The minimum absolute atomic E-state index is 0.245. The van der Waals surface area contributed by atoms with E-state index in [1.54, 1.807) is 17.8 Å². The zero-order chi connectivity index (χ0) is 16.5. The smallest absolute Gasteiger partial charge is 0.299 e. The number of benzene rings is 2. The highest BCUT2D eigenvalue weighted by Gasteiger charge is 2.09. The number of fused-ring (bicyclic) bond motifs is 1. The van der Waals surface area contributed by atoms with Crippen LogP contribution in [0.25, 0.3) is 22.2 Å². The third kappa shape index (κ3) is 2.60. The van der Waals surface area contributed by atoms with E-state index in [0.717, 1.165) is 27.7 Å². The highest BCUT2D eigenvalue weighted by Crippen LogP contribution is 2.22. The van der Waals surface area contributed by atoms with E-state index in [1.807, 2.05) is 42.5 Å². The summed E-state index contributed by atoms with van der Waals surface area (Å²) in [7, 11) is 1.76. The van der Waals surface area contributed by atoms with Gasteiger partial charge in [-0.3, -0.25) is 9.67 Å². The number of aromatic nitrogens is 4. The van der Waals surface area contributed by atoms with Crippen molar-refractivity contribution in [3.8, 4) is 11.3 Å². The molecule has 0 radical (unpaired) electrons. The van der Waals surface area contributed by atoms with Crippen LogP contribution >= 0.6 is 0 Å². The Labute approximate surface area is 138 Å². The Bertz CT molecular complexity index is 1060. The summed E-state index contributed by atoms with van der Waals surface area (Å²) in [4.78, 5) is 16.5. The molecule has 1 N–H and O–H groups in total. The van der Waals surface area contributed by atoms with Gasteiger partial charge in [0.1, 0.15) is 0 Å². The lowest BCUT2D eigenvalue weighted by atomic mass is 10.1. The summed E-state index contributed by atoms with van der Waals surface area (Å²) in [6.45, 7) is 0. The second kappa shape index (κ2) is 5.77. The van der Waals surface area contributed by atoms with Gasteiger partial charge in [0.05, 0.1) is 17.4 Å². The van der Waals surface area contributed by atoms with Gasteiger partial charge in [0.15, 0.2) is 0 Å². The van der Waals surface area contributed by atoms with Gasteiger partial charge in [0.2, 0.25) is 0 Å². The van der Waals surface area contributed by atoms with Crippen LogP contribution in [0.4, 0.5) is 0 Å². The van der Waals surface area contributed by atoms with Crippen LogP contribution in [-0.2, 0) is 13.5 Å². The van der Waals surface area contributed by atoms with Crippen LogP contribution in [-0.4, -0.2) is 19.7 Å². The van der Waals surface area contributed by atoms with Gasteiger partial charge in [-0.15, -0.1) is 0 Å². The van der Waals surface area contributed by atoms with Crippen LogP contribution in [0.2, 0.25) is 0 Å². The molecule has 0 aliphatic rings. The van der Waals surface area contributed by atoms with Gasteiger partial charge in [-0.1, -0.05) is 36.4 Å². The molecule has 0 aliphatic heterocycles. The summed E-state index contributed by atoms with van der Waals surface area (Å²) in [5.74, 6) is 0. The SMILES string of the molecule is Cn1c(Cc2ccccc2)cc(-c2ccc3[nH]ncc3c2)nc1=O. The normalized spacial score (nSPS) is 11.0. The summed E-state index contributed by atoms with van der Waals surface area (Å²) >= 11 is 0. The first-order valence-electron chi connectivity index (χ1n) is 7.75. The molecular weight excluding hydrogens is 300 g/mol. The number of rotatable bonds is 3. The van der Waals surface area contributed by atoms with Crippen molar-refractivity contribution in [1.82, 2.24) is 19.7 Å². The molecule has 0 unspecified atom stereocenters. The first-order chi connectivity index (χ1) is 11.7. The second-order valence-electron chi connectivity index (χ2n) is 5.81. The largest absolute Gasteiger partial charge is 0.348 e. The minimum Gasteiger partial charge on any atom is -0.299 e. The van der Waals surface area contributed by atoms with Crippen LogP contribution in [0.15, 0.2) is 65.6 Å². The highest BCUT2D eigenvalue weighted by atomic mass is 16.1. The van der Waals surface area contributed by atoms with Crippen molar-refractivity contribution < 1.29 is 0 Å². The Morgan fingerprint density at radius 1 is 1.08 bits per heavy atom. The van der Waals surface area contributed by atoms with E-state index in [4.69, 9.17) is 0 Å². The Morgan fingerprint density at radius 2 is 1.92 bits per heavy atom. The zero-order valence-corrected chi connectivity index (χ0v) is 13.2. The number of hydrogen-bond acceptors (Lipinski definition) is 3. The van der Waals surface area contributed by atoms with Crippen molar-refractivity contribution in [3.05, 3.63) is 82.5 Å². The Hall–Kier alpha value is -3.21. The molecule has 24 heavy (non-hydrogen) atoms. The Balaban J connectivity index is 1.80. The molecule has 4 rings (SSSR count).